The first-order chi connectivity index (χ1) is 9.23. The van der Waals surface area contributed by atoms with E-state index < -0.39 is 11.8 Å². The van der Waals surface area contributed by atoms with Crippen molar-refractivity contribution in [2.45, 2.75) is 91.9 Å². The maximum atomic E-state index is 12.3. The molecule has 0 radical (unpaired) electrons. The molecule has 2 rings (SSSR count). The summed E-state index contributed by atoms with van der Waals surface area (Å²) in [5, 5.41) is 0. The minimum Gasteiger partial charge on any atom is -0.207 e. The van der Waals surface area contributed by atoms with Gasteiger partial charge in [0.15, 0.2) is 0 Å². The normalized spacial score (nSPS) is 29.1. The zero-order valence-corrected chi connectivity index (χ0v) is 13.9. The van der Waals surface area contributed by atoms with Crippen molar-refractivity contribution < 1.29 is 17.6 Å². The third-order valence-corrected chi connectivity index (χ3v) is 3.52. The van der Waals surface area contributed by atoms with Crippen LogP contribution in [0.5, 0.6) is 0 Å². The van der Waals surface area contributed by atoms with E-state index in [1.54, 1.807) is 6.92 Å². The van der Waals surface area contributed by atoms with Crippen molar-refractivity contribution in [1.82, 2.24) is 0 Å². The van der Waals surface area contributed by atoms with Crippen molar-refractivity contribution in [3.05, 3.63) is 0 Å². The van der Waals surface area contributed by atoms with Gasteiger partial charge in [-0.25, -0.2) is 17.6 Å². The van der Waals surface area contributed by atoms with E-state index in [1.807, 2.05) is 34.6 Å². The van der Waals surface area contributed by atoms with Gasteiger partial charge in [-0.1, -0.05) is 41.5 Å². The van der Waals surface area contributed by atoms with Crippen LogP contribution in [0.2, 0.25) is 0 Å². The first kappa shape index (κ1) is 22.0. The van der Waals surface area contributed by atoms with Crippen LogP contribution in [0, 0.1) is 11.8 Å². The summed E-state index contributed by atoms with van der Waals surface area (Å²) in [7, 11) is 0. The summed E-state index contributed by atoms with van der Waals surface area (Å²) < 4.78 is 49.1. The fraction of sp³-hybridized carbons (Fsp3) is 1.00. The van der Waals surface area contributed by atoms with Crippen LogP contribution in [0.25, 0.3) is 0 Å². The largest absolute Gasteiger partial charge is 0.250 e. The van der Waals surface area contributed by atoms with E-state index >= 15 is 0 Å². The molecule has 0 N–H and O–H groups in total. The molecular weight excluding hydrogens is 268 g/mol. The lowest BCUT2D eigenvalue weighted by Crippen LogP contribution is -2.17. The van der Waals surface area contributed by atoms with Crippen molar-refractivity contribution in [2.75, 3.05) is 0 Å². The summed E-state index contributed by atoms with van der Waals surface area (Å²) >= 11 is 0. The smallest absolute Gasteiger partial charge is 0.207 e. The number of halogens is 4. The van der Waals surface area contributed by atoms with Crippen LogP contribution in [-0.4, -0.2) is 11.8 Å². The number of hydrogen-bond acceptors (Lipinski definition) is 0. The van der Waals surface area contributed by atoms with Crippen LogP contribution in [-0.2, 0) is 0 Å². The van der Waals surface area contributed by atoms with Crippen molar-refractivity contribution >= 4 is 0 Å². The highest BCUT2D eigenvalue weighted by Crippen LogP contribution is 2.39. The van der Waals surface area contributed by atoms with E-state index in [4.69, 9.17) is 0 Å². The fourth-order valence-electron chi connectivity index (χ4n) is 2.27. The molecule has 4 heteroatoms. The summed E-state index contributed by atoms with van der Waals surface area (Å²) in [5.74, 6) is -4.81. The Kier molecular flexibility index (Phi) is 11.5. The molecule has 0 aromatic heterocycles. The molecule has 2 saturated carbocycles. The molecule has 0 heterocycles. The fourth-order valence-corrected chi connectivity index (χ4v) is 2.27. The van der Waals surface area contributed by atoms with Crippen molar-refractivity contribution in [2.24, 2.45) is 11.8 Å². The monoisotopic (exact) mass is 300 g/mol. The van der Waals surface area contributed by atoms with Gasteiger partial charge in [0.1, 0.15) is 0 Å². The highest BCUT2D eigenvalue weighted by Gasteiger charge is 2.40. The maximum absolute atomic E-state index is 12.3. The van der Waals surface area contributed by atoms with Gasteiger partial charge in [0.2, 0.25) is 5.92 Å². The molecule has 0 saturated heterocycles. The molecule has 0 bridgehead atoms. The minimum atomic E-state index is -2.35. The summed E-state index contributed by atoms with van der Waals surface area (Å²) in [6.45, 7) is 11.5. The Hall–Kier alpha value is -0.280. The topological polar surface area (TPSA) is 0 Å². The average Bonchev–Trinajstić information content (AvgIpc) is 2.87. The zero-order valence-electron chi connectivity index (χ0n) is 13.9. The van der Waals surface area contributed by atoms with Crippen molar-refractivity contribution in [3.63, 3.8) is 0 Å². The molecule has 20 heavy (non-hydrogen) atoms. The minimum absolute atomic E-state index is 0.104. The summed E-state index contributed by atoms with van der Waals surface area (Å²) in [6, 6.07) is 0. The first-order valence-corrected chi connectivity index (χ1v) is 7.98. The summed E-state index contributed by atoms with van der Waals surface area (Å²) in [4.78, 5) is 0. The van der Waals surface area contributed by atoms with Gasteiger partial charge in [-0.05, 0) is 25.2 Å². The second kappa shape index (κ2) is 10.4. The van der Waals surface area contributed by atoms with Gasteiger partial charge in [0.05, 0.1) is 0 Å². The molecule has 124 valence electrons. The first-order valence-electron chi connectivity index (χ1n) is 7.98. The predicted molar refractivity (Wildman–Crippen MR) is 78.6 cm³/mol. The van der Waals surface area contributed by atoms with E-state index in [1.165, 1.54) is 0 Å². The molecular formula is C16H32F4. The number of hydrogen-bond donors (Lipinski definition) is 0. The van der Waals surface area contributed by atoms with E-state index in [-0.39, 0.29) is 31.1 Å². The zero-order chi connectivity index (χ0) is 16.4. The van der Waals surface area contributed by atoms with Crippen LogP contribution < -0.4 is 0 Å². The second-order valence-electron chi connectivity index (χ2n) is 5.26. The lowest BCUT2D eigenvalue weighted by molar-refractivity contribution is -0.0299. The highest BCUT2D eigenvalue weighted by molar-refractivity contribution is 4.80. The van der Waals surface area contributed by atoms with Gasteiger partial charge in [-0.2, -0.15) is 0 Å². The molecule has 0 amide bonds. The summed E-state index contributed by atoms with van der Waals surface area (Å²) in [6.07, 6.45) is 2.42. The molecule has 2 fully saturated rings. The van der Waals surface area contributed by atoms with E-state index in [0.29, 0.717) is 19.3 Å². The van der Waals surface area contributed by atoms with Crippen LogP contribution in [0.3, 0.4) is 0 Å². The summed E-state index contributed by atoms with van der Waals surface area (Å²) in [5.41, 5.74) is 0. The average molecular weight is 300 g/mol. The Bertz CT molecular complexity index is 227. The van der Waals surface area contributed by atoms with E-state index in [9.17, 15) is 17.6 Å². The van der Waals surface area contributed by atoms with Gasteiger partial charge >= 0.3 is 0 Å². The number of alkyl halides is 4. The molecule has 2 aliphatic carbocycles. The highest BCUT2D eigenvalue weighted by atomic mass is 19.3. The number of rotatable bonds is 0. The van der Waals surface area contributed by atoms with Crippen molar-refractivity contribution in [3.8, 4) is 0 Å². The molecule has 0 aliphatic heterocycles. The Morgan fingerprint density at radius 2 is 1.30 bits per heavy atom. The van der Waals surface area contributed by atoms with E-state index in [0.717, 1.165) is 0 Å². The van der Waals surface area contributed by atoms with Gasteiger partial charge in [-0.15, -0.1) is 0 Å². The van der Waals surface area contributed by atoms with Gasteiger partial charge in [0.25, 0.3) is 5.92 Å². The SMILES string of the molecule is CC.CC.CC1CCC(F)(F)C1.CC1CCCC1(F)F. The molecule has 2 aliphatic rings. The van der Waals surface area contributed by atoms with Crippen LogP contribution in [0.1, 0.15) is 80.1 Å². The molecule has 0 nitrogen and oxygen atoms in total. The van der Waals surface area contributed by atoms with Crippen molar-refractivity contribution in [1.29, 1.82) is 0 Å². The lowest BCUT2D eigenvalue weighted by Gasteiger charge is -2.12. The van der Waals surface area contributed by atoms with Crippen LogP contribution in [0.4, 0.5) is 17.6 Å². The molecule has 2 atom stereocenters. The third kappa shape index (κ3) is 8.80. The molecule has 0 aromatic rings. The Balaban J connectivity index is 0. The molecule has 0 aromatic carbocycles. The van der Waals surface area contributed by atoms with Gasteiger partial charge < -0.3 is 0 Å². The van der Waals surface area contributed by atoms with Gasteiger partial charge in [0, 0.05) is 25.2 Å². The van der Waals surface area contributed by atoms with Crippen LogP contribution >= 0.6 is 0 Å². The van der Waals surface area contributed by atoms with Gasteiger partial charge in [-0.3, -0.25) is 0 Å². The van der Waals surface area contributed by atoms with Crippen LogP contribution in [0.15, 0.2) is 0 Å². The second-order valence-corrected chi connectivity index (χ2v) is 5.26. The van der Waals surface area contributed by atoms with E-state index in [2.05, 4.69) is 0 Å². The lowest BCUT2D eigenvalue weighted by atomic mass is 10.1. The Morgan fingerprint density at radius 3 is 1.40 bits per heavy atom. The molecule has 0 spiro atoms. The Labute approximate surface area is 122 Å². The standard InChI is InChI=1S/2C6H10F2.2C2H6/c1-5-2-3-6(7,8)4-5;1-5-3-2-4-6(5,7)8;2*1-2/h2*5H,2-4H2,1H3;2*1-2H3. The third-order valence-electron chi connectivity index (χ3n) is 3.52. The quantitative estimate of drug-likeness (QED) is 0.425. The maximum Gasteiger partial charge on any atom is 0.250 e. The molecule has 2 unspecified atom stereocenters. The predicted octanol–water partition coefficient (Wildman–Crippen LogP) is 6.94. The Morgan fingerprint density at radius 1 is 0.800 bits per heavy atom.